The number of nitrogens with zero attached hydrogens (tertiary/aromatic N) is 1. The number of carbonyl (C=O) groups excluding carboxylic acids is 1. The molecule has 0 atom stereocenters. The van der Waals surface area contributed by atoms with E-state index in [1.54, 1.807) is 11.6 Å². The third-order valence-corrected chi connectivity index (χ3v) is 2.66. The molecule has 88 valence electrons. The summed E-state index contributed by atoms with van der Waals surface area (Å²) in [6.07, 6.45) is 0. The molecule has 2 rings (SSSR count). The van der Waals surface area contributed by atoms with Crippen molar-refractivity contribution in [3.05, 3.63) is 40.8 Å². The van der Waals surface area contributed by atoms with Crippen LogP contribution in [0.2, 0.25) is 0 Å². The van der Waals surface area contributed by atoms with Gasteiger partial charge in [-0.2, -0.15) is 0 Å². The second-order valence-corrected chi connectivity index (χ2v) is 4.20. The average molecular weight is 248 g/mol. The molecule has 0 fully saturated rings. The van der Waals surface area contributed by atoms with Crippen LogP contribution in [0.5, 0.6) is 5.75 Å². The van der Waals surface area contributed by atoms with E-state index in [1.807, 2.05) is 23.6 Å². The van der Waals surface area contributed by atoms with E-state index in [1.165, 1.54) is 18.3 Å². The minimum Gasteiger partial charge on any atom is -0.487 e. The number of benzene rings is 1. The summed E-state index contributed by atoms with van der Waals surface area (Å²) in [4.78, 5) is 15.0. The van der Waals surface area contributed by atoms with Crippen LogP contribution in [-0.4, -0.2) is 10.9 Å². The minimum absolute atomic E-state index is 0.0957. The summed E-state index contributed by atoms with van der Waals surface area (Å²) in [6.45, 7) is 1.91. The number of carbonyl (C=O) groups is 1. The van der Waals surface area contributed by atoms with E-state index in [4.69, 9.17) is 4.74 Å². The van der Waals surface area contributed by atoms with Crippen molar-refractivity contribution in [2.24, 2.45) is 0 Å². The molecule has 1 aromatic carbocycles. The third kappa shape index (κ3) is 3.57. The number of aromatic nitrogens is 1. The molecule has 5 heteroatoms. The number of amides is 1. The Morgan fingerprint density at radius 2 is 2.41 bits per heavy atom. The van der Waals surface area contributed by atoms with E-state index < -0.39 is 0 Å². The van der Waals surface area contributed by atoms with Crippen molar-refractivity contribution in [1.82, 2.24) is 4.98 Å². The van der Waals surface area contributed by atoms with Crippen LogP contribution >= 0.6 is 11.3 Å². The molecule has 0 bridgehead atoms. The molecule has 0 spiro atoms. The Balaban J connectivity index is 1.98. The van der Waals surface area contributed by atoms with Crippen molar-refractivity contribution in [2.75, 3.05) is 5.32 Å². The summed E-state index contributed by atoms with van der Waals surface area (Å²) in [7, 11) is 0. The minimum atomic E-state index is -0.0957. The van der Waals surface area contributed by atoms with Gasteiger partial charge in [-0.1, -0.05) is 6.07 Å². The Labute approximate surface area is 103 Å². The number of rotatable bonds is 4. The lowest BCUT2D eigenvalue weighted by Gasteiger charge is -2.07. The second kappa shape index (κ2) is 5.45. The maximum absolute atomic E-state index is 10.9. The van der Waals surface area contributed by atoms with Gasteiger partial charge < -0.3 is 10.1 Å². The zero-order valence-electron chi connectivity index (χ0n) is 9.34. The maximum Gasteiger partial charge on any atom is 0.221 e. The number of thiazole rings is 1. The standard InChI is InChI=1S/C12H12N2O2S/c1-9(15)14-10-3-2-4-12(5-10)16-6-11-7-17-8-13-11/h2-5,7-8H,6H2,1H3,(H,14,15). The zero-order valence-corrected chi connectivity index (χ0v) is 10.2. The topological polar surface area (TPSA) is 51.2 Å². The summed E-state index contributed by atoms with van der Waals surface area (Å²) in [5.74, 6) is 0.617. The van der Waals surface area contributed by atoms with E-state index in [0.29, 0.717) is 12.4 Å². The van der Waals surface area contributed by atoms with Crippen LogP contribution < -0.4 is 10.1 Å². The first-order chi connectivity index (χ1) is 8.24. The van der Waals surface area contributed by atoms with Gasteiger partial charge in [0.05, 0.1) is 11.2 Å². The highest BCUT2D eigenvalue weighted by molar-refractivity contribution is 7.07. The molecule has 0 aliphatic rings. The Hall–Kier alpha value is -1.88. The van der Waals surface area contributed by atoms with E-state index in [2.05, 4.69) is 10.3 Å². The predicted molar refractivity (Wildman–Crippen MR) is 67.2 cm³/mol. The Morgan fingerprint density at radius 1 is 1.53 bits per heavy atom. The fourth-order valence-electron chi connectivity index (χ4n) is 1.33. The molecule has 1 amide bonds. The molecule has 0 aliphatic carbocycles. The smallest absolute Gasteiger partial charge is 0.221 e. The van der Waals surface area contributed by atoms with Crippen molar-refractivity contribution < 1.29 is 9.53 Å². The Morgan fingerprint density at radius 3 is 3.12 bits per heavy atom. The van der Waals surface area contributed by atoms with Gasteiger partial charge in [0.2, 0.25) is 5.91 Å². The summed E-state index contributed by atoms with van der Waals surface area (Å²) in [5, 5.41) is 4.65. The molecule has 2 aromatic rings. The number of anilines is 1. The molecule has 17 heavy (non-hydrogen) atoms. The summed E-state index contributed by atoms with van der Waals surface area (Å²) in [6, 6.07) is 7.28. The first-order valence-electron chi connectivity index (χ1n) is 5.11. The third-order valence-electron chi connectivity index (χ3n) is 2.02. The number of ether oxygens (including phenoxy) is 1. The molecule has 1 aromatic heterocycles. The SMILES string of the molecule is CC(=O)Nc1cccc(OCc2cscn2)c1. The molecule has 4 nitrogen and oxygen atoms in total. The normalized spacial score (nSPS) is 9.94. The monoisotopic (exact) mass is 248 g/mol. The Kier molecular flexibility index (Phi) is 3.72. The lowest BCUT2D eigenvalue weighted by Crippen LogP contribution is -2.05. The van der Waals surface area contributed by atoms with Crippen LogP contribution in [0.25, 0.3) is 0 Å². The molecule has 0 radical (unpaired) electrons. The van der Waals surface area contributed by atoms with Gasteiger partial charge in [0.25, 0.3) is 0 Å². The molecule has 0 unspecified atom stereocenters. The van der Waals surface area contributed by atoms with Crippen LogP contribution in [0.4, 0.5) is 5.69 Å². The van der Waals surface area contributed by atoms with E-state index in [-0.39, 0.29) is 5.91 Å². The first kappa shape index (κ1) is 11.6. The zero-order chi connectivity index (χ0) is 12.1. The van der Waals surface area contributed by atoms with Crippen LogP contribution in [0.15, 0.2) is 35.2 Å². The first-order valence-corrected chi connectivity index (χ1v) is 6.06. The summed E-state index contributed by atoms with van der Waals surface area (Å²) < 4.78 is 5.57. The molecule has 1 heterocycles. The van der Waals surface area contributed by atoms with Crippen LogP contribution in [-0.2, 0) is 11.4 Å². The van der Waals surface area contributed by atoms with Crippen molar-refractivity contribution in [2.45, 2.75) is 13.5 Å². The lowest BCUT2D eigenvalue weighted by atomic mass is 10.3. The van der Waals surface area contributed by atoms with Crippen molar-refractivity contribution in [3.63, 3.8) is 0 Å². The van der Waals surface area contributed by atoms with Gasteiger partial charge in [0.15, 0.2) is 0 Å². The molecule has 1 N–H and O–H groups in total. The lowest BCUT2D eigenvalue weighted by molar-refractivity contribution is -0.114. The number of hydrogen-bond acceptors (Lipinski definition) is 4. The molecular weight excluding hydrogens is 236 g/mol. The van der Waals surface area contributed by atoms with Crippen LogP contribution in [0, 0.1) is 0 Å². The van der Waals surface area contributed by atoms with Crippen molar-refractivity contribution in [3.8, 4) is 5.75 Å². The largest absolute Gasteiger partial charge is 0.487 e. The maximum atomic E-state index is 10.9. The summed E-state index contributed by atoms with van der Waals surface area (Å²) >= 11 is 1.54. The predicted octanol–water partition coefficient (Wildman–Crippen LogP) is 2.68. The van der Waals surface area contributed by atoms with Gasteiger partial charge >= 0.3 is 0 Å². The van der Waals surface area contributed by atoms with Crippen LogP contribution in [0.1, 0.15) is 12.6 Å². The highest BCUT2D eigenvalue weighted by atomic mass is 32.1. The van der Waals surface area contributed by atoms with Gasteiger partial charge in [-0.05, 0) is 12.1 Å². The van der Waals surface area contributed by atoms with Gasteiger partial charge in [-0.25, -0.2) is 4.98 Å². The highest BCUT2D eigenvalue weighted by Crippen LogP contribution is 2.18. The molecule has 0 saturated heterocycles. The van der Waals surface area contributed by atoms with Gasteiger partial charge in [-0.3, -0.25) is 4.79 Å². The van der Waals surface area contributed by atoms with E-state index in [9.17, 15) is 4.79 Å². The fraction of sp³-hybridized carbons (Fsp3) is 0.167. The second-order valence-electron chi connectivity index (χ2n) is 3.48. The fourth-order valence-corrected chi connectivity index (χ4v) is 1.88. The summed E-state index contributed by atoms with van der Waals surface area (Å²) in [5.41, 5.74) is 3.40. The van der Waals surface area contributed by atoms with Crippen molar-refractivity contribution in [1.29, 1.82) is 0 Å². The quantitative estimate of drug-likeness (QED) is 0.905. The number of hydrogen-bond donors (Lipinski definition) is 1. The average Bonchev–Trinajstić information content (AvgIpc) is 2.79. The van der Waals surface area contributed by atoms with Gasteiger partial charge in [0, 0.05) is 24.1 Å². The van der Waals surface area contributed by atoms with E-state index >= 15 is 0 Å². The van der Waals surface area contributed by atoms with E-state index in [0.717, 1.165) is 11.4 Å². The van der Waals surface area contributed by atoms with Crippen molar-refractivity contribution >= 4 is 22.9 Å². The van der Waals surface area contributed by atoms with Crippen LogP contribution in [0.3, 0.4) is 0 Å². The molecule has 0 aliphatic heterocycles. The van der Waals surface area contributed by atoms with Gasteiger partial charge in [0.1, 0.15) is 12.4 Å². The molecular formula is C12H12N2O2S. The Bertz CT molecular complexity index is 497. The van der Waals surface area contributed by atoms with Gasteiger partial charge in [-0.15, -0.1) is 11.3 Å². The highest BCUT2D eigenvalue weighted by Gasteiger charge is 2.00. The molecule has 0 saturated carbocycles. The number of nitrogens with one attached hydrogen (secondary N) is 1.